The number of piperidine rings is 1. The van der Waals surface area contributed by atoms with Gasteiger partial charge in [0.2, 0.25) is 5.88 Å². The SMILES string of the molecule is CNc1cc(OCC2CCCCN2C)nc(COC)n1. The van der Waals surface area contributed by atoms with Crippen LogP contribution in [0.1, 0.15) is 25.1 Å². The Labute approximate surface area is 120 Å². The number of ether oxygens (including phenoxy) is 2. The minimum Gasteiger partial charge on any atom is -0.476 e. The van der Waals surface area contributed by atoms with Crippen LogP contribution < -0.4 is 10.1 Å². The zero-order valence-corrected chi connectivity index (χ0v) is 12.6. The third-order valence-corrected chi connectivity index (χ3v) is 3.62. The van der Waals surface area contributed by atoms with Crippen molar-refractivity contribution in [1.82, 2.24) is 14.9 Å². The van der Waals surface area contributed by atoms with Crippen LogP contribution in [0, 0.1) is 0 Å². The molecule has 1 unspecified atom stereocenters. The molecule has 6 heteroatoms. The second-order valence-corrected chi connectivity index (χ2v) is 5.13. The molecule has 0 saturated carbocycles. The first-order valence-corrected chi connectivity index (χ1v) is 7.10. The van der Waals surface area contributed by atoms with E-state index < -0.39 is 0 Å². The maximum absolute atomic E-state index is 5.86. The molecule has 0 aliphatic carbocycles. The molecular weight excluding hydrogens is 256 g/mol. The minimum absolute atomic E-state index is 0.384. The summed E-state index contributed by atoms with van der Waals surface area (Å²) in [6, 6.07) is 2.30. The van der Waals surface area contributed by atoms with Crippen LogP contribution in [0.2, 0.25) is 0 Å². The van der Waals surface area contributed by atoms with Crippen molar-refractivity contribution < 1.29 is 9.47 Å². The number of rotatable bonds is 6. The summed E-state index contributed by atoms with van der Waals surface area (Å²) >= 11 is 0. The smallest absolute Gasteiger partial charge is 0.218 e. The normalized spacial score (nSPS) is 19.9. The van der Waals surface area contributed by atoms with Gasteiger partial charge in [-0.05, 0) is 26.4 Å². The molecule has 112 valence electrons. The van der Waals surface area contributed by atoms with Crippen LogP contribution in [0.4, 0.5) is 5.82 Å². The number of hydrogen-bond acceptors (Lipinski definition) is 6. The van der Waals surface area contributed by atoms with Gasteiger partial charge in [-0.1, -0.05) is 6.42 Å². The lowest BCUT2D eigenvalue weighted by Gasteiger charge is -2.31. The third-order valence-electron chi connectivity index (χ3n) is 3.62. The van der Waals surface area contributed by atoms with Crippen molar-refractivity contribution in [1.29, 1.82) is 0 Å². The maximum Gasteiger partial charge on any atom is 0.218 e. The van der Waals surface area contributed by atoms with Gasteiger partial charge in [0.15, 0.2) is 5.82 Å². The number of anilines is 1. The summed E-state index contributed by atoms with van der Waals surface area (Å²) in [5, 5.41) is 3.02. The lowest BCUT2D eigenvalue weighted by atomic mass is 10.0. The van der Waals surface area contributed by atoms with Gasteiger partial charge in [-0.25, -0.2) is 4.98 Å². The van der Waals surface area contributed by atoms with Crippen LogP contribution in [0.15, 0.2) is 6.07 Å². The quantitative estimate of drug-likeness (QED) is 0.852. The van der Waals surface area contributed by atoms with Crippen molar-refractivity contribution in [2.45, 2.75) is 31.9 Å². The summed E-state index contributed by atoms with van der Waals surface area (Å²) in [5.41, 5.74) is 0. The van der Waals surface area contributed by atoms with Crippen LogP contribution in [-0.4, -0.2) is 55.3 Å². The Morgan fingerprint density at radius 2 is 2.25 bits per heavy atom. The van der Waals surface area contributed by atoms with Gasteiger partial charge >= 0.3 is 0 Å². The first-order valence-electron chi connectivity index (χ1n) is 7.10. The van der Waals surface area contributed by atoms with E-state index in [-0.39, 0.29) is 0 Å². The number of methoxy groups -OCH3 is 1. The molecule has 1 aromatic heterocycles. The molecule has 0 bridgehead atoms. The molecule has 0 amide bonds. The number of likely N-dealkylation sites (N-methyl/N-ethyl adjacent to an activating group) is 1. The van der Waals surface area contributed by atoms with E-state index in [1.54, 1.807) is 7.11 Å². The van der Waals surface area contributed by atoms with E-state index in [1.807, 2.05) is 13.1 Å². The average molecular weight is 280 g/mol. The number of nitrogens with zero attached hydrogens (tertiary/aromatic N) is 3. The molecule has 2 heterocycles. The summed E-state index contributed by atoms with van der Waals surface area (Å²) in [6.07, 6.45) is 3.74. The van der Waals surface area contributed by atoms with Gasteiger partial charge in [0, 0.05) is 26.3 Å². The molecule has 2 rings (SSSR count). The van der Waals surface area contributed by atoms with Crippen LogP contribution >= 0.6 is 0 Å². The molecule has 6 nitrogen and oxygen atoms in total. The molecule has 0 aromatic carbocycles. The molecular formula is C14H24N4O2. The van der Waals surface area contributed by atoms with Crippen molar-refractivity contribution in [2.24, 2.45) is 0 Å². The molecule has 1 aliphatic heterocycles. The Hall–Kier alpha value is -1.40. The van der Waals surface area contributed by atoms with Crippen LogP contribution in [0.3, 0.4) is 0 Å². The summed E-state index contributed by atoms with van der Waals surface area (Å²) in [5.74, 6) is 1.99. The molecule has 0 radical (unpaired) electrons. The fraction of sp³-hybridized carbons (Fsp3) is 0.714. The summed E-state index contributed by atoms with van der Waals surface area (Å²) in [7, 11) is 5.62. The zero-order chi connectivity index (χ0) is 14.4. The second kappa shape index (κ2) is 7.40. The van der Waals surface area contributed by atoms with Gasteiger partial charge in [-0.3, -0.25) is 0 Å². The fourth-order valence-electron chi connectivity index (χ4n) is 2.40. The van der Waals surface area contributed by atoms with Gasteiger partial charge in [0.1, 0.15) is 19.0 Å². The van der Waals surface area contributed by atoms with E-state index in [4.69, 9.17) is 9.47 Å². The zero-order valence-electron chi connectivity index (χ0n) is 12.6. The van der Waals surface area contributed by atoms with E-state index in [0.717, 1.165) is 12.4 Å². The van der Waals surface area contributed by atoms with Crippen molar-refractivity contribution in [3.8, 4) is 5.88 Å². The predicted octanol–water partition coefficient (Wildman–Crippen LogP) is 1.53. The Kier molecular flexibility index (Phi) is 5.55. The van der Waals surface area contributed by atoms with E-state index in [9.17, 15) is 0 Å². The monoisotopic (exact) mass is 280 g/mol. The Morgan fingerprint density at radius 3 is 2.95 bits per heavy atom. The third kappa shape index (κ3) is 4.05. The summed E-state index contributed by atoms with van der Waals surface area (Å²) in [4.78, 5) is 11.0. The maximum atomic E-state index is 5.86. The predicted molar refractivity (Wildman–Crippen MR) is 78.1 cm³/mol. The molecule has 1 aromatic rings. The molecule has 1 aliphatic rings. The Morgan fingerprint density at radius 1 is 1.40 bits per heavy atom. The number of nitrogens with one attached hydrogen (secondary N) is 1. The molecule has 0 spiro atoms. The molecule has 1 N–H and O–H groups in total. The van der Waals surface area contributed by atoms with Crippen molar-refractivity contribution in [3.63, 3.8) is 0 Å². The van der Waals surface area contributed by atoms with E-state index in [0.29, 0.717) is 31.0 Å². The van der Waals surface area contributed by atoms with Gasteiger partial charge < -0.3 is 19.7 Å². The average Bonchev–Trinajstić information content (AvgIpc) is 2.46. The van der Waals surface area contributed by atoms with Crippen molar-refractivity contribution in [2.75, 3.05) is 39.7 Å². The summed E-state index contributed by atoms with van der Waals surface area (Å²) in [6.45, 7) is 2.20. The highest BCUT2D eigenvalue weighted by molar-refractivity contribution is 5.37. The Balaban J connectivity index is 1.98. The van der Waals surface area contributed by atoms with Crippen LogP contribution in [-0.2, 0) is 11.3 Å². The van der Waals surface area contributed by atoms with Gasteiger partial charge in [0.05, 0.1) is 0 Å². The van der Waals surface area contributed by atoms with Gasteiger partial charge in [0.25, 0.3) is 0 Å². The fourth-order valence-corrected chi connectivity index (χ4v) is 2.40. The molecule has 1 fully saturated rings. The number of likely N-dealkylation sites (tertiary alicyclic amines) is 1. The topological polar surface area (TPSA) is 59.5 Å². The summed E-state index contributed by atoms with van der Waals surface area (Å²) < 4.78 is 10.9. The first kappa shape index (κ1) is 15.0. The van der Waals surface area contributed by atoms with E-state index in [2.05, 4.69) is 27.2 Å². The highest BCUT2D eigenvalue weighted by atomic mass is 16.5. The number of aromatic nitrogens is 2. The van der Waals surface area contributed by atoms with Crippen LogP contribution in [0.25, 0.3) is 0 Å². The van der Waals surface area contributed by atoms with E-state index >= 15 is 0 Å². The van der Waals surface area contributed by atoms with Crippen LogP contribution in [0.5, 0.6) is 5.88 Å². The Bertz CT molecular complexity index is 428. The highest BCUT2D eigenvalue weighted by Crippen LogP contribution is 2.18. The molecule has 1 saturated heterocycles. The lowest BCUT2D eigenvalue weighted by Crippen LogP contribution is -2.40. The lowest BCUT2D eigenvalue weighted by molar-refractivity contribution is 0.121. The van der Waals surface area contributed by atoms with Gasteiger partial charge in [-0.15, -0.1) is 0 Å². The first-order chi connectivity index (χ1) is 9.72. The minimum atomic E-state index is 0.384. The van der Waals surface area contributed by atoms with Crippen molar-refractivity contribution >= 4 is 5.82 Å². The van der Waals surface area contributed by atoms with Gasteiger partial charge in [-0.2, -0.15) is 4.98 Å². The molecule has 1 atom stereocenters. The van der Waals surface area contributed by atoms with E-state index in [1.165, 1.54) is 19.3 Å². The molecule has 20 heavy (non-hydrogen) atoms. The largest absolute Gasteiger partial charge is 0.476 e. The standard InChI is InChI=1S/C14H24N4O2/c1-15-12-8-14(17-13(16-12)10-19-3)20-9-11-6-4-5-7-18(11)2/h8,11H,4-7,9-10H2,1-3H3,(H,15,16,17). The number of hydrogen-bond donors (Lipinski definition) is 1. The van der Waals surface area contributed by atoms with Crippen molar-refractivity contribution in [3.05, 3.63) is 11.9 Å². The second-order valence-electron chi connectivity index (χ2n) is 5.13. The highest BCUT2D eigenvalue weighted by Gasteiger charge is 2.19.